The number of nitrogens with zero attached hydrogens (tertiary/aromatic N) is 3. The van der Waals surface area contributed by atoms with E-state index in [1.807, 2.05) is 6.07 Å². The lowest BCUT2D eigenvalue weighted by atomic mass is 9.93. The highest BCUT2D eigenvalue weighted by molar-refractivity contribution is 5.77. The van der Waals surface area contributed by atoms with Crippen LogP contribution in [0.1, 0.15) is 32.6 Å². The van der Waals surface area contributed by atoms with Gasteiger partial charge in [-0.1, -0.05) is 6.07 Å². The van der Waals surface area contributed by atoms with E-state index in [0.29, 0.717) is 6.54 Å². The number of ether oxygens (including phenoxy) is 2. The summed E-state index contributed by atoms with van der Waals surface area (Å²) < 4.78 is 11.9. The van der Waals surface area contributed by atoms with Gasteiger partial charge in [-0.15, -0.1) is 0 Å². The number of Topliss-reactive ketones (excluding diaryl/α,β-unsaturated/α-hetero) is 1. The molecular weight excluding hydrogens is 366 g/mol. The van der Waals surface area contributed by atoms with Gasteiger partial charge in [-0.3, -0.25) is 14.6 Å². The molecule has 2 fully saturated rings. The molecule has 6 heteroatoms. The van der Waals surface area contributed by atoms with Gasteiger partial charge < -0.3 is 14.4 Å². The SMILES string of the molecule is CC(=O)CN1CCC(CCN2CCN(c3cccc4c3OCCCO4)CC2)CC1. The Morgan fingerprint density at radius 1 is 1.00 bits per heavy atom. The van der Waals surface area contributed by atoms with E-state index >= 15 is 0 Å². The van der Waals surface area contributed by atoms with E-state index in [1.165, 1.54) is 31.5 Å². The Labute approximate surface area is 174 Å². The molecule has 1 aromatic carbocycles. The highest BCUT2D eigenvalue weighted by Gasteiger charge is 2.24. The molecule has 0 amide bonds. The third-order valence-electron chi connectivity index (χ3n) is 6.47. The summed E-state index contributed by atoms with van der Waals surface area (Å²) in [5.41, 5.74) is 1.18. The molecule has 1 aromatic rings. The first kappa shape index (κ1) is 20.5. The van der Waals surface area contributed by atoms with Crippen molar-refractivity contribution in [1.29, 1.82) is 0 Å². The van der Waals surface area contributed by atoms with Crippen molar-refractivity contribution in [3.8, 4) is 11.5 Å². The van der Waals surface area contributed by atoms with E-state index in [9.17, 15) is 4.79 Å². The monoisotopic (exact) mass is 401 g/mol. The van der Waals surface area contributed by atoms with Gasteiger partial charge in [0.2, 0.25) is 0 Å². The van der Waals surface area contributed by atoms with Crippen LogP contribution in [-0.4, -0.2) is 81.2 Å². The summed E-state index contributed by atoms with van der Waals surface area (Å²) in [6.07, 6.45) is 4.70. The highest BCUT2D eigenvalue weighted by atomic mass is 16.5. The molecular formula is C23H35N3O3. The van der Waals surface area contributed by atoms with Crippen LogP contribution in [0.3, 0.4) is 0 Å². The zero-order valence-electron chi connectivity index (χ0n) is 17.8. The Kier molecular flexibility index (Phi) is 6.93. The molecule has 3 heterocycles. The minimum atomic E-state index is 0.286. The van der Waals surface area contributed by atoms with Gasteiger partial charge in [0.15, 0.2) is 11.5 Å². The fraction of sp³-hybridized carbons (Fsp3) is 0.696. The first-order chi connectivity index (χ1) is 14.2. The second-order valence-electron chi connectivity index (χ2n) is 8.69. The normalized spacial score (nSPS) is 21.8. The lowest BCUT2D eigenvalue weighted by Crippen LogP contribution is -2.47. The van der Waals surface area contributed by atoms with Crippen LogP contribution in [0.2, 0.25) is 0 Å². The molecule has 0 aromatic heterocycles. The summed E-state index contributed by atoms with van der Waals surface area (Å²) in [5, 5.41) is 0. The average Bonchev–Trinajstić information content (AvgIpc) is 2.99. The summed E-state index contributed by atoms with van der Waals surface area (Å²) in [4.78, 5) is 18.7. The Bertz CT molecular complexity index is 680. The van der Waals surface area contributed by atoms with Crippen molar-refractivity contribution in [2.24, 2.45) is 5.92 Å². The van der Waals surface area contributed by atoms with Crippen molar-refractivity contribution < 1.29 is 14.3 Å². The van der Waals surface area contributed by atoms with E-state index in [4.69, 9.17) is 9.47 Å². The lowest BCUT2D eigenvalue weighted by Gasteiger charge is -2.38. The number of anilines is 1. The zero-order chi connectivity index (χ0) is 20.1. The standard InChI is InChI=1S/C23H35N3O3/c1-19(27)18-25-10-7-20(8-11-25)6-9-24-12-14-26(15-13-24)21-4-2-5-22-23(21)29-17-3-16-28-22/h2,4-5,20H,3,6-18H2,1H3. The molecule has 0 aliphatic carbocycles. The Morgan fingerprint density at radius 3 is 2.52 bits per heavy atom. The molecule has 0 bridgehead atoms. The van der Waals surface area contributed by atoms with Gasteiger partial charge in [0.1, 0.15) is 5.78 Å². The predicted molar refractivity (Wildman–Crippen MR) is 115 cm³/mol. The number of piperazine rings is 1. The van der Waals surface area contributed by atoms with Gasteiger partial charge in [-0.2, -0.15) is 0 Å². The molecule has 0 saturated carbocycles. The molecule has 4 rings (SSSR count). The van der Waals surface area contributed by atoms with Crippen LogP contribution in [-0.2, 0) is 4.79 Å². The number of ketones is 1. The van der Waals surface area contributed by atoms with Crippen LogP contribution in [0.5, 0.6) is 11.5 Å². The number of carbonyl (C=O) groups excluding carboxylic acids is 1. The highest BCUT2D eigenvalue weighted by Crippen LogP contribution is 2.39. The van der Waals surface area contributed by atoms with Crippen LogP contribution in [0.25, 0.3) is 0 Å². The summed E-state index contributed by atoms with van der Waals surface area (Å²) in [6.45, 7) is 11.4. The first-order valence-corrected chi connectivity index (χ1v) is 11.3. The smallest absolute Gasteiger partial charge is 0.184 e. The van der Waals surface area contributed by atoms with Gasteiger partial charge in [0.25, 0.3) is 0 Å². The van der Waals surface area contributed by atoms with Gasteiger partial charge >= 0.3 is 0 Å². The largest absolute Gasteiger partial charge is 0.489 e. The van der Waals surface area contributed by atoms with Crippen LogP contribution in [0.15, 0.2) is 18.2 Å². The number of carbonyl (C=O) groups is 1. The zero-order valence-corrected chi connectivity index (χ0v) is 17.8. The van der Waals surface area contributed by atoms with Crippen molar-refractivity contribution in [2.45, 2.75) is 32.6 Å². The van der Waals surface area contributed by atoms with E-state index < -0.39 is 0 Å². The third kappa shape index (κ3) is 5.43. The first-order valence-electron chi connectivity index (χ1n) is 11.3. The number of para-hydroxylation sites is 1. The second kappa shape index (κ2) is 9.81. The third-order valence-corrected chi connectivity index (χ3v) is 6.47. The molecule has 6 nitrogen and oxygen atoms in total. The Hall–Kier alpha value is -1.79. The lowest BCUT2D eigenvalue weighted by molar-refractivity contribution is -0.118. The van der Waals surface area contributed by atoms with Crippen molar-refractivity contribution >= 4 is 11.5 Å². The van der Waals surface area contributed by atoms with Gasteiger partial charge in [-0.05, 0) is 63.9 Å². The predicted octanol–water partition coefficient (Wildman–Crippen LogP) is 2.66. The van der Waals surface area contributed by atoms with E-state index in [2.05, 4.69) is 26.8 Å². The van der Waals surface area contributed by atoms with Crippen LogP contribution in [0.4, 0.5) is 5.69 Å². The maximum atomic E-state index is 11.3. The maximum Gasteiger partial charge on any atom is 0.184 e. The molecule has 0 N–H and O–H groups in total. The van der Waals surface area contributed by atoms with E-state index in [1.54, 1.807) is 6.92 Å². The number of benzene rings is 1. The van der Waals surface area contributed by atoms with Crippen LogP contribution in [0, 0.1) is 5.92 Å². The Morgan fingerprint density at radius 2 is 1.76 bits per heavy atom. The quantitative estimate of drug-likeness (QED) is 0.730. The molecule has 2 saturated heterocycles. The van der Waals surface area contributed by atoms with Crippen molar-refractivity contribution in [1.82, 2.24) is 9.80 Å². The van der Waals surface area contributed by atoms with Crippen LogP contribution < -0.4 is 14.4 Å². The average molecular weight is 402 g/mol. The van der Waals surface area contributed by atoms with Crippen LogP contribution >= 0.6 is 0 Å². The molecule has 0 unspecified atom stereocenters. The summed E-state index contributed by atoms with van der Waals surface area (Å²) in [5.74, 6) is 2.91. The fourth-order valence-corrected chi connectivity index (χ4v) is 4.75. The Balaban J connectivity index is 1.22. The number of hydrogen-bond acceptors (Lipinski definition) is 6. The molecule has 29 heavy (non-hydrogen) atoms. The molecule has 3 aliphatic heterocycles. The maximum absolute atomic E-state index is 11.3. The molecule has 0 radical (unpaired) electrons. The molecule has 3 aliphatic rings. The van der Waals surface area contributed by atoms with Gasteiger partial charge in [0, 0.05) is 32.6 Å². The number of hydrogen-bond donors (Lipinski definition) is 0. The van der Waals surface area contributed by atoms with E-state index in [0.717, 1.165) is 76.3 Å². The van der Waals surface area contributed by atoms with Crippen molar-refractivity contribution in [2.75, 3.05) is 70.5 Å². The summed E-state index contributed by atoms with van der Waals surface area (Å²) in [6, 6.07) is 6.26. The minimum absolute atomic E-state index is 0.286. The number of likely N-dealkylation sites (tertiary alicyclic amines) is 1. The molecule has 0 spiro atoms. The summed E-state index contributed by atoms with van der Waals surface area (Å²) in [7, 11) is 0. The van der Waals surface area contributed by atoms with Gasteiger partial charge in [-0.25, -0.2) is 0 Å². The number of piperidine rings is 1. The topological polar surface area (TPSA) is 45.3 Å². The second-order valence-corrected chi connectivity index (χ2v) is 8.69. The minimum Gasteiger partial charge on any atom is -0.489 e. The molecule has 160 valence electrons. The van der Waals surface area contributed by atoms with Gasteiger partial charge in [0.05, 0.1) is 25.4 Å². The van der Waals surface area contributed by atoms with E-state index in [-0.39, 0.29) is 5.78 Å². The number of rotatable bonds is 6. The van der Waals surface area contributed by atoms with Crippen molar-refractivity contribution in [3.05, 3.63) is 18.2 Å². The number of fused-ring (bicyclic) bond motifs is 1. The molecule has 0 atom stereocenters. The summed E-state index contributed by atoms with van der Waals surface area (Å²) >= 11 is 0. The van der Waals surface area contributed by atoms with Crippen molar-refractivity contribution in [3.63, 3.8) is 0 Å². The fourth-order valence-electron chi connectivity index (χ4n) is 4.75.